The van der Waals surface area contributed by atoms with Gasteiger partial charge in [0.25, 0.3) is 5.91 Å². The fourth-order valence-corrected chi connectivity index (χ4v) is 3.62. The molecule has 27 heavy (non-hydrogen) atoms. The first-order valence-corrected chi connectivity index (χ1v) is 9.33. The van der Waals surface area contributed by atoms with Crippen molar-refractivity contribution >= 4 is 5.91 Å². The van der Waals surface area contributed by atoms with Crippen LogP contribution in [0, 0.1) is 0 Å². The van der Waals surface area contributed by atoms with Crippen LogP contribution >= 0.6 is 0 Å². The Labute approximate surface area is 159 Å². The molecule has 0 atom stereocenters. The maximum Gasteiger partial charge on any atom is 0.287 e. The van der Waals surface area contributed by atoms with Gasteiger partial charge in [0.2, 0.25) is 0 Å². The summed E-state index contributed by atoms with van der Waals surface area (Å²) < 4.78 is 1.95. The lowest BCUT2D eigenvalue weighted by molar-refractivity contribution is 0.0937. The Bertz CT molecular complexity index is 918. The minimum atomic E-state index is -0.120. The summed E-state index contributed by atoms with van der Waals surface area (Å²) in [5, 5.41) is 2.98. The highest BCUT2D eigenvalue weighted by Gasteiger charge is 2.25. The van der Waals surface area contributed by atoms with E-state index in [0.29, 0.717) is 12.4 Å². The van der Waals surface area contributed by atoms with Crippen LogP contribution in [0.4, 0.5) is 0 Å². The van der Waals surface area contributed by atoms with E-state index in [4.69, 9.17) is 0 Å². The van der Waals surface area contributed by atoms with Gasteiger partial charge in [-0.2, -0.15) is 0 Å². The number of hydrogen-bond donors (Lipinski definition) is 1. The molecule has 5 heteroatoms. The number of carbonyl (C=O) groups is 1. The Morgan fingerprint density at radius 1 is 1.04 bits per heavy atom. The molecule has 0 radical (unpaired) electrons. The van der Waals surface area contributed by atoms with Gasteiger partial charge in [0.05, 0.1) is 5.69 Å². The number of carbonyl (C=O) groups excluding carboxylic acids is 1. The van der Waals surface area contributed by atoms with Crippen molar-refractivity contribution in [1.82, 2.24) is 19.8 Å². The second kappa shape index (κ2) is 7.76. The number of hydrogen-bond acceptors (Lipinski definition) is 3. The molecule has 1 aliphatic heterocycles. The first-order chi connectivity index (χ1) is 13.2. The molecule has 0 bridgehead atoms. The largest absolute Gasteiger partial charge is 0.345 e. The Balaban J connectivity index is 1.44. The summed E-state index contributed by atoms with van der Waals surface area (Å²) in [4.78, 5) is 19.7. The van der Waals surface area contributed by atoms with Crippen LogP contribution in [0.3, 0.4) is 0 Å². The van der Waals surface area contributed by atoms with E-state index in [9.17, 15) is 4.79 Å². The summed E-state index contributed by atoms with van der Waals surface area (Å²) in [7, 11) is 1.94. The maximum atomic E-state index is 12.6. The zero-order chi connectivity index (χ0) is 18.6. The van der Waals surface area contributed by atoms with E-state index in [1.165, 1.54) is 11.3 Å². The van der Waals surface area contributed by atoms with Gasteiger partial charge in [0.1, 0.15) is 0 Å². The minimum absolute atomic E-state index is 0.120. The average Bonchev–Trinajstić information content (AvgIpc) is 3.04. The normalized spacial score (nSPS) is 14.0. The summed E-state index contributed by atoms with van der Waals surface area (Å²) in [5.41, 5.74) is 4.57. The number of benzene rings is 2. The molecule has 0 unspecified atom stereocenters. The van der Waals surface area contributed by atoms with E-state index in [1.807, 2.05) is 48.0 Å². The third-order valence-corrected chi connectivity index (χ3v) is 5.08. The maximum absolute atomic E-state index is 12.6. The number of imidazole rings is 1. The summed E-state index contributed by atoms with van der Waals surface area (Å²) in [6.45, 7) is 3.18. The fraction of sp³-hybridized carbons (Fsp3) is 0.273. The van der Waals surface area contributed by atoms with Crippen molar-refractivity contribution < 1.29 is 4.79 Å². The number of rotatable bonds is 5. The predicted molar refractivity (Wildman–Crippen MR) is 105 cm³/mol. The van der Waals surface area contributed by atoms with Gasteiger partial charge in [-0.05, 0) is 11.1 Å². The van der Waals surface area contributed by atoms with Gasteiger partial charge < -0.3 is 9.88 Å². The number of nitrogens with one attached hydrogen (secondary N) is 1. The molecule has 1 aromatic heterocycles. The average molecular weight is 360 g/mol. The molecule has 0 saturated heterocycles. The molecule has 0 spiro atoms. The van der Waals surface area contributed by atoms with Crippen LogP contribution in [0.1, 0.15) is 33.1 Å². The van der Waals surface area contributed by atoms with Gasteiger partial charge >= 0.3 is 0 Å². The lowest BCUT2D eigenvalue weighted by Crippen LogP contribution is -2.30. The first kappa shape index (κ1) is 17.5. The quantitative estimate of drug-likeness (QED) is 0.761. The predicted octanol–water partition coefficient (Wildman–Crippen LogP) is 2.91. The molecule has 1 aliphatic rings. The van der Waals surface area contributed by atoms with Crippen molar-refractivity contribution in [3.8, 4) is 0 Å². The van der Waals surface area contributed by atoms with Crippen LogP contribution in [0.2, 0.25) is 0 Å². The molecule has 0 fully saturated rings. The van der Waals surface area contributed by atoms with Gasteiger partial charge in [0, 0.05) is 45.3 Å². The third-order valence-electron chi connectivity index (χ3n) is 5.08. The lowest BCUT2D eigenvalue weighted by Gasteiger charge is -2.26. The number of amides is 1. The monoisotopic (exact) mass is 360 g/mol. The highest BCUT2D eigenvalue weighted by Crippen LogP contribution is 2.21. The second-order valence-corrected chi connectivity index (χ2v) is 7.00. The second-order valence-electron chi connectivity index (χ2n) is 7.00. The van der Waals surface area contributed by atoms with Crippen molar-refractivity contribution in [1.29, 1.82) is 0 Å². The molecule has 138 valence electrons. The molecule has 1 N–H and O–H groups in total. The molecule has 5 nitrogen and oxygen atoms in total. The topological polar surface area (TPSA) is 50.2 Å². The van der Waals surface area contributed by atoms with E-state index in [1.54, 1.807) is 0 Å². The van der Waals surface area contributed by atoms with Crippen molar-refractivity contribution in [3.05, 3.63) is 89.0 Å². The lowest BCUT2D eigenvalue weighted by atomic mass is 10.1. The van der Waals surface area contributed by atoms with Crippen molar-refractivity contribution in [2.24, 2.45) is 7.05 Å². The fourth-order valence-electron chi connectivity index (χ4n) is 3.62. The Kier molecular flexibility index (Phi) is 5.03. The summed E-state index contributed by atoms with van der Waals surface area (Å²) in [6, 6.07) is 20.4. The van der Waals surface area contributed by atoms with E-state index in [2.05, 4.69) is 39.5 Å². The molecule has 4 rings (SSSR count). The van der Waals surface area contributed by atoms with Crippen LogP contribution in [0.25, 0.3) is 0 Å². The van der Waals surface area contributed by atoms with Crippen LogP contribution in [-0.2, 0) is 33.1 Å². The van der Waals surface area contributed by atoms with E-state index in [-0.39, 0.29) is 5.91 Å². The van der Waals surface area contributed by atoms with Crippen molar-refractivity contribution in [3.63, 3.8) is 0 Å². The van der Waals surface area contributed by atoms with Gasteiger partial charge in [-0.1, -0.05) is 60.7 Å². The molecule has 1 amide bonds. The van der Waals surface area contributed by atoms with Crippen LogP contribution in [0.5, 0.6) is 0 Å². The SMILES string of the molecule is Cn1c(C(=O)NCc2ccccc2)nc2c1CCN(Cc1ccccc1)C2. The Hall–Kier alpha value is -2.92. The summed E-state index contributed by atoms with van der Waals surface area (Å²) in [6.07, 6.45) is 0.914. The molecule has 0 saturated carbocycles. The highest BCUT2D eigenvalue weighted by molar-refractivity contribution is 5.91. The van der Waals surface area contributed by atoms with Crippen molar-refractivity contribution in [2.45, 2.75) is 26.1 Å². The molecular formula is C22H24N4O. The number of fused-ring (bicyclic) bond motifs is 1. The van der Waals surface area contributed by atoms with E-state index < -0.39 is 0 Å². The van der Waals surface area contributed by atoms with Crippen molar-refractivity contribution in [2.75, 3.05) is 6.54 Å². The van der Waals surface area contributed by atoms with Crippen LogP contribution in [-0.4, -0.2) is 26.9 Å². The Morgan fingerprint density at radius 3 is 2.41 bits per heavy atom. The van der Waals surface area contributed by atoms with Crippen LogP contribution in [0.15, 0.2) is 60.7 Å². The van der Waals surface area contributed by atoms with Gasteiger partial charge in [-0.25, -0.2) is 4.98 Å². The van der Waals surface area contributed by atoms with Gasteiger partial charge in [-0.3, -0.25) is 9.69 Å². The van der Waals surface area contributed by atoms with Gasteiger partial charge in [-0.15, -0.1) is 0 Å². The molecule has 2 heterocycles. The standard InChI is InChI=1S/C22H24N4O/c1-25-20-12-13-26(15-18-10-6-3-7-11-18)16-19(20)24-21(25)22(27)23-14-17-8-4-2-5-9-17/h2-11H,12-16H2,1H3,(H,23,27). The first-order valence-electron chi connectivity index (χ1n) is 9.33. The van der Waals surface area contributed by atoms with E-state index in [0.717, 1.165) is 37.3 Å². The highest BCUT2D eigenvalue weighted by atomic mass is 16.2. The Morgan fingerprint density at radius 2 is 1.70 bits per heavy atom. The smallest absolute Gasteiger partial charge is 0.287 e. The molecule has 3 aromatic rings. The third kappa shape index (κ3) is 3.93. The van der Waals surface area contributed by atoms with Gasteiger partial charge in [0.15, 0.2) is 5.82 Å². The molecular weight excluding hydrogens is 336 g/mol. The van der Waals surface area contributed by atoms with E-state index >= 15 is 0 Å². The number of aromatic nitrogens is 2. The number of nitrogens with zero attached hydrogens (tertiary/aromatic N) is 3. The zero-order valence-electron chi connectivity index (χ0n) is 15.6. The minimum Gasteiger partial charge on any atom is -0.345 e. The molecule has 2 aromatic carbocycles. The molecule has 0 aliphatic carbocycles. The summed E-state index contributed by atoms with van der Waals surface area (Å²) >= 11 is 0. The van der Waals surface area contributed by atoms with Crippen LogP contribution < -0.4 is 5.32 Å². The zero-order valence-corrected chi connectivity index (χ0v) is 15.6. The summed E-state index contributed by atoms with van der Waals surface area (Å²) in [5.74, 6) is 0.378.